The van der Waals surface area contributed by atoms with E-state index in [1.165, 1.54) is 6.07 Å². The summed E-state index contributed by atoms with van der Waals surface area (Å²) in [6.45, 7) is 1.85. The molecule has 0 amide bonds. The van der Waals surface area contributed by atoms with E-state index < -0.39 is 11.7 Å². The highest BCUT2D eigenvalue weighted by Gasteiger charge is 2.30. The van der Waals surface area contributed by atoms with Crippen molar-refractivity contribution in [2.24, 2.45) is 0 Å². The van der Waals surface area contributed by atoms with Crippen molar-refractivity contribution in [1.29, 1.82) is 0 Å². The van der Waals surface area contributed by atoms with Crippen molar-refractivity contribution >= 4 is 5.69 Å². The second-order valence-electron chi connectivity index (χ2n) is 4.15. The lowest BCUT2D eigenvalue weighted by Crippen LogP contribution is -2.04. The molecule has 0 aliphatic heterocycles. The maximum Gasteiger partial charge on any atom is 0.416 e. The SMILES string of the molecule is Cc1ccc(-c2cccc(C(F)(F)F)c2)cc1N. The summed E-state index contributed by atoms with van der Waals surface area (Å²) in [6.07, 6.45) is -4.33. The molecule has 0 heterocycles. The van der Waals surface area contributed by atoms with Gasteiger partial charge >= 0.3 is 6.18 Å². The molecule has 0 aromatic heterocycles. The highest BCUT2D eigenvalue weighted by Crippen LogP contribution is 2.32. The number of hydrogen-bond donors (Lipinski definition) is 1. The van der Waals surface area contributed by atoms with Gasteiger partial charge in [-0.25, -0.2) is 0 Å². The van der Waals surface area contributed by atoms with Gasteiger partial charge < -0.3 is 5.73 Å². The Balaban J connectivity index is 2.48. The lowest BCUT2D eigenvalue weighted by atomic mass is 10.0. The Labute approximate surface area is 103 Å². The molecule has 0 fully saturated rings. The van der Waals surface area contributed by atoms with Crippen LogP contribution in [0.1, 0.15) is 11.1 Å². The van der Waals surface area contributed by atoms with Gasteiger partial charge in [-0.15, -0.1) is 0 Å². The molecular weight excluding hydrogens is 239 g/mol. The molecule has 94 valence electrons. The van der Waals surface area contributed by atoms with Crippen LogP contribution < -0.4 is 5.73 Å². The molecule has 0 unspecified atom stereocenters. The molecule has 0 bridgehead atoms. The van der Waals surface area contributed by atoms with Crippen LogP contribution in [0.25, 0.3) is 11.1 Å². The van der Waals surface area contributed by atoms with Crippen molar-refractivity contribution in [2.75, 3.05) is 5.73 Å². The molecule has 1 nitrogen and oxygen atoms in total. The molecule has 4 heteroatoms. The molecule has 0 saturated heterocycles. The molecule has 2 aromatic rings. The van der Waals surface area contributed by atoms with Gasteiger partial charge in [-0.1, -0.05) is 24.3 Å². The molecule has 0 radical (unpaired) electrons. The van der Waals surface area contributed by atoms with Crippen LogP contribution in [0.5, 0.6) is 0 Å². The van der Waals surface area contributed by atoms with Gasteiger partial charge in [0.2, 0.25) is 0 Å². The quantitative estimate of drug-likeness (QED) is 0.753. The van der Waals surface area contributed by atoms with E-state index in [9.17, 15) is 13.2 Å². The highest BCUT2D eigenvalue weighted by molar-refractivity contribution is 5.69. The van der Waals surface area contributed by atoms with E-state index in [1.54, 1.807) is 24.3 Å². The van der Waals surface area contributed by atoms with Gasteiger partial charge in [0.25, 0.3) is 0 Å². The normalized spacial score (nSPS) is 11.6. The van der Waals surface area contributed by atoms with Crippen molar-refractivity contribution in [1.82, 2.24) is 0 Å². The van der Waals surface area contributed by atoms with Gasteiger partial charge in [-0.3, -0.25) is 0 Å². The van der Waals surface area contributed by atoms with E-state index in [0.717, 1.165) is 17.7 Å². The molecule has 0 atom stereocenters. The Kier molecular flexibility index (Phi) is 3.03. The fraction of sp³-hybridized carbons (Fsp3) is 0.143. The van der Waals surface area contributed by atoms with Crippen LogP contribution in [-0.4, -0.2) is 0 Å². The number of nitrogen functional groups attached to an aromatic ring is 1. The summed E-state index contributed by atoms with van der Waals surface area (Å²) in [7, 11) is 0. The van der Waals surface area contributed by atoms with Crippen molar-refractivity contribution in [3.05, 3.63) is 53.6 Å². The summed E-state index contributed by atoms with van der Waals surface area (Å²) >= 11 is 0. The zero-order chi connectivity index (χ0) is 13.3. The van der Waals surface area contributed by atoms with Crippen LogP contribution in [0.4, 0.5) is 18.9 Å². The zero-order valence-electron chi connectivity index (χ0n) is 9.75. The Hall–Kier alpha value is -1.97. The van der Waals surface area contributed by atoms with E-state index in [1.807, 2.05) is 6.92 Å². The van der Waals surface area contributed by atoms with Crippen LogP contribution in [0.2, 0.25) is 0 Å². The number of benzene rings is 2. The summed E-state index contributed by atoms with van der Waals surface area (Å²) < 4.78 is 37.8. The number of hydrogen-bond acceptors (Lipinski definition) is 1. The van der Waals surface area contributed by atoms with Gasteiger partial charge in [-0.05, 0) is 41.8 Å². The van der Waals surface area contributed by atoms with Crippen molar-refractivity contribution in [3.8, 4) is 11.1 Å². The molecule has 2 rings (SSSR count). The lowest BCUT2D eigenvalue weighted by Gasteiger charge is -2.10. The van der Waals surface area contributed by atoms with Crippen molar-refractivity contribution in [3.63, 3.8) is 0 Å². The first-order chi connectivity index (χ1) is 8.38. The smallest absolute Gasteiger partial charge is 0.398 e. The predicted octanol–water partition coefficient (Wildman–Crippen LogP) is 4.26. The van der Waals surface area contributed by atoms with E-state index >= 15 is 0 Å². The number of aryl methyl sites for hydroxylation is 1. The van der Waals surface area contributed by atoms with Crippen molar-refractivity contribution in [2.45, 2.75) is 13.1 Å². The first kappa shape index (κ1) is 12.5. The van der Waals surface area contributed by atoms with Gasteiger partial charge in [0.1, 0.15) is 0 Å². The van der Waals surface area contributed by atoms with Crippen molar-refractivity contribution < 1.29 is 13.2 Å². The van der Waals surface area contributed by atoms with E-state index in [4.69, 9.17) is 5.73 Å². The minimum atomic E-state index is -4.33. The molecule has 2 aromatic carbocycles. The van der Waals surface area contributed by atoms with Crippen LogP contribution in [-0.2, 0) is 6.18 Å². The predicted molar refractivity (Wildman–Crippen MR) is 66.0 cm³/mol. The standard InChI is InChI=1S/C14H12F3N/c1-9-5-6-11(8-13(9)18)10-3-2-4-12(7-10)14(15,16)17/h2-8H,18H2,1H3. The minimum Gasteiger partial charge on any atom is -0.398 e. The summed E-state index contributed by atoms with van der Waals surface area (Å²) in [5, 5.41) is 0. The molecule has 18 heavy (non-hydrogen) atoms. The largest absolute Gasteiger partial charge is 0.416 e. The van der Waals surface area contributed by atoms with Crippen LogP contribution in [0.15, 0.2) is 42.5 Å². The molecule has 0 aliphatic carbocycles. The van der Waals surface area contributed by atoms with E-state index in [2.05, 4.69) is 0 Å². The number of rotatable bonds is 1. The fourth-order valence-electron chi connectivity index (χ4n) is 1.70. The van der Waals surface area contributed by atoms with Crippen LogP contribution >= 0.6 is 0 Å². The molecule has 0 aliphatic rings. The monoisotopic (exact) mass is 251 g/mol. The van der Waals surface area contributed by atoms with Gasteiger partial charge in [0.05, 0.1) is 5.56 Å². The average Bonchev–Trinajstić information content (AvgIpc) is 2.32. The zero-order valence-corrected chi connectivity index (χ0v) is 9.75. The van der Waals surface area contributed by atoms with Gasteiger partial charge in [0, 0.05) is 5.69 Å². The third-order valence-corrected chi connectivity index (χ3v) is 2.80. The first-order valence-electron chi connectivity index (χ1n) is 5.42. The second-order valence-corrected chi connectivity index (χ2v) is 4.15. The van der Waals surface area contributed by atoms with Crippen LogP contribution in [0, 0.1) is 6.92 Å². The minimum absolute atomic E-state index is 0.511. The Morgan fingerprint density at radius 1 is 0.944 bits per heavy atom. The Morgan fingerprint density at radius 2 is 1.61 bits per heavy atom. The molecular formula is C14H12F3N. The summed E-state index contributed by atoms with van der Waals surface area (Å²) in [4.78, 5) is 0. The third kappa shape index (κ3) is 2.47. The number of halogens is 3. The maximum atomic E-state index is 12.6. The first-order valence-corrected chi connectivity index (χ1v) is 5.42. The molecule has 0 spiro atoms. The molecule has 0 saturated carbocycles. The topological polar surface area (TPSA) is 26.0 Å². The summed E-state index contributed by atoms with van der Waals surface area (Å²) in [5.74, 6) is 0. The van der Waals surface area contributed by atoms with Gasteiger partial charge in [-0.2, -0.15) is 13.2 Å². The van der Waals surface area contributed by atoms with E-state index in [0.29, 0.717) is 16.8 Å². The van der Waals surface area contributed by atoms with Gasteiger partial charge in [0.15, 0.2) is 0 Å². The maximum absolute atomic E-state index is 12.6. The second kappa shape index (κ2) is 4.37. The number of nitrogens with two attached hydrogens (primary N) is 1. The Morgan fingerprint density at radius 3 is 2.22 bits per heavy atom. The van der Waals surface area contributed by atoms with E-state index in [-0.39, 0.29) is 0 Å². The number of alkyl halides is 3. The lowest BCUT2D eigenvalue weighted by molar-refractivity contribution is -0.137. The average molecular weight is 251 g/mol. The third-order valence-electron chi connectivity index (χ3n) is 2.80. The fourth-order valence-corrected chi connectivity index (χ4v) is 1.70. The number of anilines is 1. The summed E-state index contributed by atoms with van der Waals surface area (Å²) in [5.41, 5.74) is 7.78. The Bertz CT molecular complexity index is 573. The summed E-state index contributed by atoms with van der Waals surface area (Å²) in [6, 6.07) is 10.5. The van der Waals surface area contributed by atoms with Crippen LogP contribution in [0.3, 0.4) is 0 Å². The highest BCUT2D eigenvalue weighted by atomic mass is 19.4. The molecule has 2 N–H and O–H groups in total.